The fourth-order valence-electron chi connectivity index (χ4n) is 1.68. The smallest absolute Gasteiger partial charge is 0.318 e. The molecule has 22 heavy (non-hydrogen) atoms. The highest BCUT2D eigenvalue weighted by Gasteiger charge is 2.31. The monoisotopic (exact) mass is 354 g/mol. The van der Waals surface area contributed by atoms with E-state index in [9.17, 15) is 27.7 Å². The van der Waals surface area contributed by atoms with Crippen molar-refractivity contribution in [3.8, 4) is 0 Å². The topological polar surface area (TPSA) is 118 Å². The maximum atomic E-state index is 13.9. The van der Waals surface area contributed by atoms with Crippen LogP contribution in [0.3, 0.4) is 0 Å². The third kappa shape index (κ3) is 3.90. The molecule has 0 aliphatic rings. The maximum absolute atomic E-state index is 13.9. The first-order valence-electron chi connectivity index (χ1n) is 5.96. The summed E-state index contributed by atoms with van der Waals surface area (Å²) in [5.74, 6) is -2.78. The molecule has 0 amide bonds. The number of carboxylic acid groups (broad SMARTS) is 1. The Kier molecular flexibility index (Phi) is 5.80. The van der Waals surface area contributed by atoms with Gasteiger partial charge in [0.2, 0.25) is 10.0 Å². The van der Waals surface area contributed by atoms with Crippen LogP contribution >= 0.6 is 11.6 Å². The first-order valence-corrected chi connectivity index (χ1v) is 7.78. The van der Waals surface area contributed by atoms with Gasteiger partial charge in [0.05, 0.1) is 11.0 Å². The summed E-state index contributed by atoms with van der Waals surface area (Å²) in [6, 6.07) is 0.995. The Bertz CT molecular complexity index is 709. The average Bonchev–Trinajstić information content (AvgIpc) is 2.39. The third-order valence-electron chi connectivity index (χ3n) is 2.60. The molecule has 0 unspecified atom stereocenters. The van der Waals surface area contributed by atoms with Gasteiger partial charge >= 0.3 is 5.97 Å². The van der Waals surface area contributed by atoms with Crippen molar-refractivity contribution >= 4 is 33.3 Å². The summed E-state index contributed by atoms with van der Waals surface area (Å²) >= 11 is 5.58. The first kappa shape index (κ1) is 18.3. The number of carbonyl (C=O) groups is 1. The minimum atomic E-state index is -4.48. The molecule has 0 atom stereocenters. The number of benzene rings is 1. The lowest BCUT2D eigenvalue weighted by molar-refractivity contribution is -0.384. The van der Waals surface area contributed by atoms with E-state index in [1.54, 1.807) is 6.92 Å². The number of carboxylic acids is 1. The van der Waals surface area contributed by atoms with Crippen LogP contribution < -0.4 is 0 Å². The Morgan fingerprint density at radius 3 is 2.55 bits per heavy atom. The second kappa shape index (κ2) is 6.99. The van der Waals surface area contributed by atoms with Crippen LogP contribution in [0.2, 0.25) is 5.02 Å². The molecule has 1 aromatic carbocycles. The highest BCUT2D eigenvalue weighted by Crippen LogP contribution is 2.31. The molecule has 1 rings (SSSR count). The number of nitrogens with zero attached hydrogens (tertiary/aromatic N) is 2. The standard InChI is InChI=1S/C11H12ClFN2O6S/c1-2-3-14(6-11(16)17)22(20,21)10-4-7(12)9(15(18)19)5-8(10)13/h4-5H,2-3,6H2,1H3,(H,16,17). The Morgan fingerprint density at radius 2 is 2.09 bits per heavy atom. The van der Waals surface area contributed by atoms with Gasteiger partial charge in [-0.15, -0.1) is 0 Å². The van der Waals surface area contributed by atoms with Gasteiger partial charge in [0.15, 0.2) is 0 Å². The normalized spacial score (nSPS) is 11.6. The van der Waals surface area contributed by atoms with E-state index in [1.165, 1.54) is 0 Å². The van der Waals surface area contributed by atoms with E-state index in [0.29, 0.717) is 22.9 Å². The highest BCUT2D eigenvalue weighted by molar-refractivity contribution is 7.89. The minimum absolute atomic E-state index is 0.150. The van der Waals surface area contributed by atoms with Crippen molar-refractivity contribution in [2.75, 3.05) is 13.1 Å². The van der Waals surface area contributed by atoms with E-state index in [0.717, 1.165) is 0 Å². The molecule has 0 aromatic heterocycles. The van der Waals surface area contributed by atoms with Gasteiger partial charge in [-0.25, -0.2) is 12.8 Å². The van der Waals surface area contributed by atoms with Gasteiger partial charge < -0.3 is 5.11 Å². The van der Waals surface area contributed by atoms with Gasteiger partial charge in [-0.2, -0.15) is 4.31 Å². The predicted molar refractivity (Wildman–Crippen MR) is 74.8 cm³/mol. The summed E-state index contributed by atoms with van der Waals surface area (Å²) in [5, 5.41) is 18.8. The quantitative estimate of drug-likeness (QED) is 0.590. The van der Waals surface area contributed by atoms with Gasteiger partial charge in [-0.3, -0.25) is 14.9 Å². The first-order chi connectivity index (χ1) is 10.1. The number of nitro groups is 1. The number of hydrogen-bond acceptors (Lipinski definition) is 5. The second-order valence-electron chi connectivity index (χ2n) is 4.22. The molecule has 0 fully saturated rings. The fraction of sp³-hybridized carbons (Fsp3) is 0.364. The number of hydrogen-bond donors (Lipinski definition) is 1. The lowest BCUT2D eigenvalue weighted by atomic mass is 10.3. The van der Waals surface area contributed by atoms with Crippen LogP contribution in [0.5, 0.6) is 0 Å². The molecule has 0 spiro atoms. The van der Waals surface area contributed by atoms with Crippen molar-refractivity contribution < 1.29 is 27.6 Å². The Balaban J connectivity index is 3.40. The molecule has 1 N–H and O–H groups in total. The van der Waals surface area contributed by atoms with Crippen molar-refractivity contribution in [3.63, 3.8) is 0 Å². The Morgan fingerprint density at radius 1 is 1.50 bits per heavy atom. The van der Waals surface area contributed by atoms with Crippen LogP contribution in [-0.2, 0) is 14.8 Å². The number of sulfonamides is 1. The molecule has 8 nitrogen and oxygen atoms in total. The third-order valence-corrected chi connectivity index (χ3v) is 4.76. The molecule has 0 aliphatic heterocycles. The highest BCUT2D eigenvalue weighted by atomic mass is 35.5. The predicted octanol–water partition coefficient (Wildman–Crippen LogP) is 1.87. The minimum Gasteiger partial charge on any atom is -0.480 e. The molecular formula is C11H12ClFN2O6S. The number of halogens is 2. The average molecular weight is 355 g/mol. The van der Waals surface area contributed by atoms with Crippen LogP contribution in [0.1, 0.15) is 13.3 Å². The molecule has 0 aliphatic carbocycles. The summed E-state index contributed by atoms with van der Waals surface area (Å²) in [4.78, 5) is 19.5. The fourth-order valence-corrected chi connectivity index (χ4v) is 3.53. The SMILES string of the molecule is CCCN(CC(=O)O)S(=O)(=O)c1cc(Cl)c([N+](=O)[O-])cc1F. The van der Waals surface area contributed by atoms with Crippen molar-refractivity contribution in [2.45, 2.75) is 18.2 Å². The van der Waals surface area contributed by atoms with Crippen LogP contribution in [0.4, 0.5) is 10.1 Å². The lowest BCUT2D eigenvalue weighted by Gasteiger charge is -2.20. The van der Waals surface area contributed by atoms with Crippen LogP contribution in [0, 0.1) is 15.9 Å². The summed E-state index contributed by atoms with van der Waals surface area (Å²) in [5.41, 5.74) is -0.779. The van der Waals surface area contributed by atoms with Crippen molar-refractivity contribution in [1.82, 2.24) is 4.31 Å². The van der Waals surface area contributed by atoms with Gasteiger partial charge in [-0.05, 0) is 12.5 Å². The van der Waals surface area contributed by atoms with Crippen molar-refractivity contribution in [1.29, 1.82) is 0 Å². The Hall–Kier alpha value is -1.78. The zero-order valence-electron chi connectivity index (χ0n) is 11.3. The molecule has 0 saturated heterocycles. The summed E-state index contributed by atoms with van der Waals surface area (Å²) < 4.78 is 39.1. The molecule has 11 heteroatoms. The van der Waals surface area contributed by atoms with Gasteiger partial charge in [0, 0.05) is 6.54 Å². The molecule has 0 saturated carbocycles. The molecular weight excluding hydrogens is 343 g/mol. The zero-order chi connectivity index (χ0) is 17.1. The zero-order valence-corrected chi connectivity index (χ0v) is 12.9. The van der Waals surface area contributed by atoms with Crippen LogP contribution in [0.25, 0.3) is 0 Å². The van der Waals surface area contributed by atoms with Gasteiger partial charge in [-0.1, -0.05) is 18.5 Å². The van der Waals surface area contributed by atoms with E-state index in [-0.39, 0.29) is 6.54 Å². The maximum Gasteiger partial charge on any atom is 0.318 e. The van der Waals surface area contributed by atoms with Crippen molar-refractivity contribution in [3.05, 3.63) is 33.1 Å². The molecule has 1 aromatic rings. The summed E-state index contributed by atoms with van der Waals surface area (Å²) in [6.45, 7) is 0.608. The largest absolute Gasteiger partial charge is 0.480 e. The second-order valence-corrected chi connectivity index (χ2v) is 6.54. The molecule has 0 bridgehead atoms. The number of rotatable bonds is 7. The molecule has 0 heterocycles. The van der Waals surface area contributed by atoms with E-state index in [1.807, 2.05) is 0 Å². The van der Waals surface area contributed by atoms with E-state index < -0.39 is 48.9 Å². The van der Waals surface area contributed by atoms with Crippen LogP contribution in [0.15, 0.2) is 17.0 Å². The lowest BCUT2D eigenvalue weighted by Crippen LogP contribution is -2.36. The molecule has 122 valence electrons. The van der Waals surface area contributed by atoms with E-state index in [4.69, 9.17) is 16.7 Å². The number of aliphatic carboxylic acids is 1. The van der Waals surface area contributed by atoms with Crippen LogP contribution in [-0.4, -0.2) is 41.8 Å². The van der Waals surface area contributed by atoms with E-state index in [2.05, 4.69) is 0 Å². The van der Waals surface area contributed by atoms with Gasteiger partial charge in [0.25, 0.3) is 5.69 Å². The summed E-state index contributed by atoms with van der Waals surface area (Å²) in [7, 11) is -4.48. The van der Waals surface area contributed by atoms with Crippen molar-refractivity contribution in [2.24, 2.45) is 0 Å². The molecule has 0 radical (unpaired) electrons. The number of nitro benzene ring substituents is 1. The van der Waals surface area contributed by atoms with E-state index >= 15 is 0 Å². The Labute approximate surface area is 130 Å². The van der Waals surface area contributed by atoms with Gasteiger partial charge in [0.1, 0.15) is 22.3 Å². The summed E-state index contributed by atoms with van der Waals surface area (Å²) in [6.07, 6.45) is 0.300.